The molecule has 1 aliphatic rings. The summed E-state index contributed by atoms with van der Waals surface area (Å²) in [6.07, 6.45) is 4.94. The van der Waals surface area contributed by atoms with Crippen molar-refractivity contribution >= 4 is 11.7 Å². The number of ether oxygens (including phenoxy) is 1. The van der Waals surface area contributed by atoms with Gasteiger partial charge >= 0.3 is 0 Å². The molecule has 4 rings (SSSR count). The molecule has 0 unspecified atom stereocenters. The molecular weight excluding hydrogens is 344 g/mol. The molecule has 3 aromatic rings. The predicted molar refractivity (Wildman–Crippen MR) is 98.9 cm³/mol. The highest BCUT2D eigenvalue weighted by Crippen LogP contribution is 2.15. The van der Waals surface area contributed by atoms with Crippen molar-refractivity contribution in [1.29, 1.82) is 0 Å². The van der Waals surface area contributed by atoms with Gasteiger partial charge in [-0.3, -0.25) is 14.5 Å². The van der Waals surface area contributed by atoms with Gasteiger partial charge in [0, 0.05) is 18.9 Å². The van der Waals surface area contributed by atoms with Crippen molar-refractivity contribution in [1.82, 2.24) is 24.6 Å². The number of hydrogen-bond acceptors (Lipinski definition) is 6. The fourth-order valence-electron chi connectivity index (χ4n) is 2.95. The Morgan fingerprint density at radius 3 is 2.89 bits per heavy atom. The van der Waals surface area contributed by atoms with Crippen molar-refractivity contribution in [2.24, 2.45) is 0 Å². The Bertz CT molecular complexity index is 897. The van der Waals surface area contributed by atoms with Crippen LogP contribution in [0.15, 0.2) is 55.0 Å². The van der Waals surface area contributed by atoms with Crippen molar-refractivity contribution in [3.63, 3.8) is 0 Å². The number of para-hydroxylation sites is 1. The molecule has 0 aliphatic carbocycles. The van der Waals surface area contributed by atoms with Crippen LogP contribution in [-0.4, -0.2) is 43.7 Å². The lowest BCUT2D eigenvalue weighted by Crippen LogP contribution is -2.40. The highest BCUT2D eigenvalue weighted by molar-refractivity contribution is 5.77. The van der Waals surface area contributed by atoms with E-state index in [0.717, 1.165) is 11.4 Å². The van der Waals surface area contributed by atoms with Crippen LogP contribution in [0.4, 0.5) is 5.82 Å². The second-order valence-corrected chi connectivity index (χ2v) is 6.21. The number of hydrogen-bond donors (Lipinski definition) is 1. The van der Waals surface area contributed by atoms with Crippen molar-refractivity contribution in [2.45, 2.75) is 19.6 Å². The van der Waals surface area contributed by atoms with E-state index >= 15 is 0 Å². The molecule has 0 radical (unpaired) electrons. The van der Waals surface area contributed by atoms with E-state index in [4.69, 9.17) is 4.74 Å². The zero-order valence-corrected chi connectivity index (χ0v) is 14.8. The Kier molecular flexibility index (Phi) is 4.95. The number of fused-ring (bicyclic) bond motifs is 1. The molecule has 1 aliphatic heterocycles. The van der Waals surface area contributed by atoms with Crippen LogP contribution in [-0.2, 0) is 24.4 Å². The number of rotatable bonds is 6. The minimum atomic E-state index is -0.0227. The van der Waals surface area contributed by atoms with E-state index in [1.165, 1.54) is 0 Å². The van der Waals surface area contributed by atoms with Crippen LogP contribution in [0.25, 0.3) is 0 Å². The van der Waals surface area contributed by atoms with Gasteiger partial charge < -0.3 is 15.0 Å². The number of anilines is 1. The van der Waals surface area contributed by atoms with Crippen molar-refractivity contribution in [2.75, 3.05) is 18.5 Å². The maximum atomic E-state index is 12.4. The lowest BCUT2D eigenvalue weighted by atomic mass is 10.2. The average molecular weight is 364 g/mol. The third-order valence-corrected chi connectivity index (χ3v) is 4.32. The molecule has 1 aromatic carbocycles. The molecule has 0 bridgehead atoms. The van der Waals surface area contributed by atoms with Crippen LogP contribution in [0, 0.1) is 0 Å². The molecule has 8 heteroatoms. The molecule has 27 heavy (non-hydrogen) atoms. The van der Waals surface area contributed by atoms with E-state index < -0.39 is 0 Å². The maximum Gasteiger partial charge on any atom is 0.260 e. The smallest absolute Gasteiger partial charge is 0.260 e. The summed E-state index contributed by atoms with van der Waals surface area (Å²) in [4.78, 5) is 22.5. The van der Waals surface area contributed by atoms with Gasteiger partial charge in [0.15, 0.2) is 6.61 Å². The zero-order valence-electron chi connectivity index (χ0n) is 14.8. The first-order chi connectivity index (χ1) is 13.3. The van der Waals surface area contributed by atoms with Crippen LogP contribution >= 0.6 is 0 Å². The van der Waals surface area contributed by atoms with Gasteiger partial charge in [-0.1, -0.05) is 18.2 Å². The summed E-state index contributed by atoms with van der Waals surface area (Å²) in [6, 6.07) is 11.4. The molecule has 0 fully saturated rings. The number of nitrogens with one attached hydrogen (secondary N) is 1. The third kappa shape index (κ3) is 4.22. The minimum absolute atomic E-state index is 0.0227. The van der Waals surface area contributed by atoms with E-state index in [-0.39, 0.29) is 12.5 Å². The number of carbonyl (C=O) groups is 1. The second kappa shape index (κ2) is 7.86. The summed E-state index contributed by atoms with van der Waals surface area (Å²) >= 11 is 0. The Balaban J connectivity index is 1.32. The quantitative estimate of drug-likeness (QED) is 0.717. The largest absolute Gasteiger partial charge is 0.484 e. The lowest BCUT2D eigenvalue weighted by Gasteiger charge is -2.27. The topological polar surface area (TPSA) is 85.2 Å². The molecule has 1 N–H and O–H groups in total. The molecule has 8 nitrogen and oxygen atoms in total. The Morgan fingerprint density at radius 1 is 1.19 bits per heavy atom. The summed E-state index contributed by atoms with van der Waals surface area (Å²) in [5, 5.41) is 7.78. The van der Waals surface area contributed by atoms with Gasteiger partial charge in [0.2, 0.25) is 0 Å². The van der Waals surface area contributed by atoms with E-state index in [1.54, 1.807) is 23.5 Å². The summed E-state index contributed by atoms with van der Waals surface area (Å²) in [7, 11) is 0. The summed E-state index contributed by atoms with van der Waals surface area (Å²) in [6.45, 7) is 2.44. The monoisotopic (exact) mass is 364 g/mol. The third-order valence-electron chi connectivity index (χ3n) is 4.32. The predicted octanol–water partition coefficient (Wildman–Crippen LogP) is 1.71. The van der Waals surface area contributed by atoms with Crippen molar-refractivity contribution in [3.05, 3.63) is 66.4 Å². The molecule has 138 valence electrons. The number of nitrogens with zero attached hydrogens (tertiary/aromatic N) is 5. The molecule has 0 spiro atoms. The number of carbonyl (C=O) groups excluding carboxylic acids is 1. The molecule has 0 saturated heterocycles. The van der Waals surface area contributed by atoms with Gasteiger partial charge in [0.1, 0.15) is 11.6 Å². The van der Waals surface area contributed by atoms with Crippen LogP contribution < -0.4 is 10.1 Å². The molecule has 3 heterocycles. The second-order valence-electron chi connectivity index (χ2n) is 6.21. The van der Waals surface area contributed by atoms with Gasteiger partial charge in [-0.2, -0.15) is 5.10 Å². The van der Waals surface area contributed by atoms with E-state index in [9.17, 15) is 4.79 Å². The van der Waals surface area contributed by atoms with Gasteiger partial charge in [-0.05, 0) is 18.2 Å². The average Bonchev–Trinajstić information content (AvgIpc) is 3.14. The highest BCUT2D eigenvalue weighted by Gasteiger charge is 2.22. The number of amides is 1. The standard InChI is InChI=1S/C19H20N6O2/c26-19(14-27-17-4-2-1-3-5-17)24-8-9-25-16(13-24)10-15(23-25)11-22-18-12-20-6-7-21-18/h1-7,10,12H,8-9,11,13-14H2,(H,21,22). The molecular formula is C19H20N6O2. The van der Waals surface area contributed by atoms with Gasteiger partial charge in [0.25, 0.3) is 5.91 Å². The normalized spacial score (nSPS) is 13.1. The maximum absolute atomic E-state index is 12.4. The Labute approximate surface area is 156 Å². The van der Waals surface area contributed by atoms with E-state index in [0.29, 0.717) is 37.7 Å². The molecule has 1 amide bonds. The fraction of sp³-hybridized carbons (Fsp3) is 0.263. The molecule has 2 aromatic heterocycles. The van der Waals surface area contributed by atoms with Crippen molar-refractivity contribution < 1.29 is 9.53 Å². The van der Waals surface area contributed by atoms with E-state index in [2.05, 4.69) is 20.4 Å². The summed E-state index contributed by atoms with van der Waals surface area (Å²) in [5.74, 6) is 1.38. The van der Waals surface area contributed by atoms with E-state index in [1.807, 2.05) is 41.1 Å². The first-order valence-electron chi connectivity index (χ1n) is 8.79. The van der Waals surface area contributed by atoms with Gasteiger partial charge in [0.05, 0.1) is 37.2 Å². The minimum Gasteiger partial charge on any atom is -0.484 e. The number of benzene rings is 1. The molecule has 0 saturated carbocycles. The SMILES string of the molecule is O=C(COc1ccccc1)N1CCn2nc(CNc3cnccn3)cc2C1. The van der Waals surface area contributed by atoms with Crippen LogP contribution in [0.3, 0.4) is 0 Å². The van der Waals surface area contributed by atoms with Gasteiger partial charge in [-0.15, -0.1) is 0 Å². The summed E-state index contributed by atoms with van der Waals surface area (Å²) < 4.78 is 7.52. The van der Waals surface area contributed by atoms with Crippen LogP contribution in [0.5, 0.6) is 5.75 Å². The lowest BCUT2D eigenvalue weighted by molar-refractivity contribution is -0.134. The number of aromatic nitrogens is 4. The first-order valence-corrected chi connectivity index (χ1v) is 8.79. The van der Waals surface area contributed by atoms with Crippen LogP contribution in [0.1, 0.15) is 11.4 Å². The molecule has 0 atom stereocenters. The zero-order chi connectivity index (χ0) is 18.5. The Hall–Kier alpha value is -3.42. The van der Waals surface area contributed by atoms with Crippen molar-refractivity contribution in [3.8, 4) is 5.75 Å². The fourth-order valence-corrected chi connectivity index (χ4v) is 2.95. The highest BCUT2D eigenvalue weighted by atomic mass is 16.5. The summed E-state index contributed by atoms with van der Waals surface area (Å²) in [5.41, 5.74) is 1.93. The first kappa shape index (κ1) is 17.0. The Morgan fingerprint density at radius 2 is 2.07 bits per heavy atom. The van der Waals surface area contributed by atoms with Crippen LogP contribution in [0.2, 0.25) is 0 Å². The van der Waals surface area contributed by atoms with Gasteiger partial charge in [-0.25, -0.2) is 4.98 Å².